The molecule has 0 aromatic heterocycles. The van der Waals surface area contributed by atoms with Gasteiger partial charge >= 0.3 is 5.97 Å². The lowest BCUT2D eigenvalue weighted by Gasteiger charge is -2.27. The van der Waals surface area contributed by atoms with E-state index in [4.69, 9.17) is 5.11 Å². The molecule has 0 heterocycles. The normalized spacial score (nSPS) is 26.3. The minimum atomic E-state index is -0.773. The van der Waals surface area contributed by atoms with Crippen LogP contribution >= 0.6 is 0 Å². The zero-order valence-corrected chi connectivity index (χ0v) is 12.3. The molecule has 1 fully saturated rings. The maximum atomic E-state index is 12.4. The molecule has 2 N–H and O–H groups in total. The van der Waals surface area contributed by atoms with Gasteiger partial charge in [0.1, 0.15) is 0 Å². The second-order valence-corrected chi connectivity index (χ2v) is 6.72. The zero-order chi connectivity index (χ0) is 15.0. The Morgan fingerprint density at radius 1 is 1.14 bits per heavy atom. The molecule has 1 aromatic rings. The highest BCUT2D eigenvalue weighted by Crippen LogP contribution is 2.34. The molecule has 1 amide bonds. The van der Waals surface area contributed by atoms with Crippen LogP contribution in [0.4, 0.5) is 0 Å². The summed E-state index contributed by atoms with van der Waals surface area (Å²) in [5.74, 6) is -1.25. The Bertz CT molecular complexity index is 556. The summed E-state index contributed by atoms with van der Waals surface area (Å²) in [5, 5.41) is 12.2. The molecule has 0 spiro atoms. The number of carbonyl (C=O) groups excluding carboxylic acids is 1. The average molecular weight is 287 g/mol. The third-order valence-electron chi connectivity index (χ3n) is 4.86. The number of nitrogens with one attached hydrogen (secondary N) is 1. The number of carboxylic acid groups (broad SMARTS) is 1. The zero-order valence-electron chi connectivity index (χ0n) is 12.3. The highest BCUT2D eigenvalue weighted by molar-refractivity contribution is 5.81. The molecular weight excluding hydrogens is 266 g/mol. The summed E-state index contributed by atoms with van der Waals surface area (Å²) in [6.45, 7) is 2.08. The van der Waals surface area contributed by atoms with Crippen molar-refractivity contribution in [3.05, 3.63) is 35.4 Å². The van der Waals surface area contributed by atoms with Gasteiger partial charge < -0.3 is 10.4 Å². The van der Waals surface area contributed by atoms with E-state index in [1.807, 2.05) is 12.1 Å². The molecule has 0 radical (unpaired) electrons. The fraction of sp³-hybridized carbons (Fsp3) is 0.529. The molecule has 2 aliphatic rings. The van der Waals surface area contributed by atoms with Crippen LogP contribution in [0.25, 0.3) is 0 Å². The molecule has 0 saturated heterocycles. The first kappa shape index (κ1) is 14.1. The van der Waals surface area contributed by atoms with Crippen LogP contribution in [-0.4, -0.2) is 22.5 Å². The number of amides is 1. The second kappa shape index (κ2) is 5.17. The number of carbonyl (C=O) groups is 2. The summed E-state index contributed by atoms with van der Waals surface area (Å²) in [4.78, 5) is 23.4. The minimum Gasteiger partial charge on any atom is -0.481 e. The first-order valence-electron chi connectivity index (χ1n) is 7.58. The van der Waals surface area contributed by atoms with Crippen LogP contribution in [0.3, 0.4) is 0 Å². The van der Waals surface area contributed by atoms with Gasteiger partial charge in [-0.15, -0.1) is 0 Å². The van der Waals surface area contributed by atoms with Gasteiger partial charge in [0.15, 0.2) is 0 Å². The highest BCUT2D eigenvalue weighted by Gasteiger charge is 2.39. The van der Waals surface area contributed by atoms with Crippen LogP contribution in [0.15, 0.2) is 24.3 Å². The second-order valence-electron chi connectivity index (χ2n) is 6.72. The molecule has 112 valence electrons. The van der Waals surface area contributed by atoms with E-state index in [9.17, 15) is 9.59 Å². The Hall–Kier alpha value is -1.84. The molecule has 21 heavy (non-hydrogen) atoms. The Balaban J connectivity index is 1.63. The number of hydrogen-bond acceptors (Lipinski definition) is 2. The van der Waals surface area contributed by atoms with E-state index in [0.717, 1.165) is 12.8 Å². The molecule has 2 aliphatic carbocycles. The summed E-state index contributed by atoms with van der Waals surface area (Å²) in [6, 6.07) is 8.28. The van der Waals surface area contributed by atoms with Crippen LogP contribution in [0, 0.1) is 11.8 Å². The predicted octanol–water partition coefficient (Wildman–Crippen LogP) is 2.16. The van der Waals surface area contributed by atoms with E-state index in [0.29, 0.717) is 19.3 Å². The van der Waals surface area contributed by atoms with E-state index in [1.54, 1.807) is 0 Å². The molecule has 0 unspecified atom stereocenters. The molecule has 1 aromatic carbocycles. The Morgan fingerprint density at radius 3 is 2.24 bits per heavy atom. The summed E-state index contributed by atoms with van der Waals surface area (Å²) >= 11 is 0. The number of fused-ring (bicyclic) bond motifs is 1. The van der Waals surface area contributed by atoms with Crippen molar-refractivity contribution in [2.24, 2.45) is 11.8 Å². The van der Waals surface area contributed by atoms with E-state index in [-0.39, 0.29) is 23.3 Å². The lowest BCUT2D eigenvalue weighted by Crippen LogP contribution is -2.48. The Morgan fingerprint density at radius 2 is 1.71 bits per heavy atom. The number of carboxylic acids is 1. The van der Waals surface area contributed by atoms with Crippen molar-refractivity contribution in [1.82, 2.24) is 5.32 Å². The fourth-order valence-electron chi connectivity index (χ4n) is 3.74. The van der Waals surface area contributed by atoms with Crippen molar-refractivity contribution in [1.29, 1.82) is 0 Å². The molecule has 4 heteroatoms. The number of rotatable bonds is 3. The summed E-state index contributed by atoms with van der Waals surface area (Å²) in [7, 11) is 0. The van der Waals surface area contributed by atoms with Gasteiger partial charge in [-0.2, -0.15) is 0 Å². The molecule has 1 saturated carbocycles. The molecule has 4 nitrogen and oxygen atoms in total. The van der Waals surface area contributed by atoms with Crippen LogP contribution in [0.1, 0.15) is 37.3 Å². The molecular formula is C17H21NO3. The predicted molar refractivity (Wildman–Crippen MR) is 78.9 cm³/mol. The first-order valence-corrected chi connectivity index (χ1v) is 7.58. The van der Waals surface area contributed by atoms with Crippen molar-refractivity contribution in [3.8, 4) is 0 Å². The van der Waals surface area contributed by atoms with Crippen LogP contribution in [0.5, 0.6) is 0 Å². The summed E-state index contributed by atoms with van der Waals surface area (Å²) < 4.78 is 0. The molecule has 0 bridgehead atoms. The third kappa shape index (κ3) is 2.80. The van der Waals surface area contributed by atoms with E-state index >= 15 is 0 Å². The summed E-state index contributed by atoms with van der Waals surface area (Å²) in [6.07, 6.45) is 3.48. The largest absolute Gasteiger partial charge is 0.481 e. The van der Waals surface area contributed by atoms with Gasteiger partial charge in [0, 0.05) is 11.5 Å². The van der Waals surface area contributed by atoms with E-state index in [1.165, 1.54) is 11.1 Å². The number of hydrogen-bond donors (Lipinski definition) is 2. The van der Waals surface area contributed by atoms with Crippen molar-refractivity contribution in [2.45, 2.75) is 44.6 Å². The summed E-state index contributed by atoms with van der Waals surface area (Å²) in [5.41, 5.74) is 2.37. The lowest BCUT2D eigenvalue weighted by molar-refractivity contribution is -0.141. The Labute approximate surface area is 124 Å². The molecule has 0 aliphatic heterocycles. The molecule has 2 atom stereocenters. The average Bonchev–Trinajstić information content (AvgIpc) is 3.01. The third-order valence-corrected chi connectivity index (χ3v) is 4.86. The quantitative estimate of drug-likeness (QED) is 0.895. The van der Waals surface area contributed by atoms with Gasteiger partial charge in [0.05, 0.1) is 5.92 Å². The van der Waals surface area contributed by atoms with Gasteiger partial charge in [0.25, 0.3) is 0 Å². The maximum absolute atomic E-state index is 12.4. The van der Waals surface area contributed by atoms with Gasteiger partial charge in [-0.3, -0.25) is 9.59 Å². The molecule has 3 rings (SSSR count). The minimum absolute atomic E-state index is 0.0223. The van der Waals surface area contributed by atoms with Crippen LogP contribution in [-0.2, 0) is 22.4 Å². The standard InChI is InChI=1S/C17H21NO3/c1-17(9-13-4-2-3-5-14(13)10-17)18-15(19)11-6-7-12(8-11)16(20)21/h2-5,11-12H,6-10H2,1H3,(H,18,19)(H,20,21)/t11-,12+/m1/s1. The number of benzene rings is 1. The smallest absolute Gasteiger partial charge is 0.306 e. The Kier molecular flexibility index (Phi) is 3.47. The topological polar surface area (TPSA) is 66.4 Å². The number of aliphatic carboxylic acids is 1. The van der Waals surface area contributed by atoms with Gasteiger partial charge in [-0.1, -0.05) is 24.3 Å². The lowest BCUT2D eigenvalue weighted by atomic mass is 9.96. The maximum Gasteiger partial charge on any atom is 0.306 e. The van der Waals surface area contributed by atoms with E-state index in [2.05, 4.69) is 24.4 Å². The van der Waals surface area contributed by atoms with Crippen molar-refractivity contribution in [3.63, 3.8) is 0 Å². The van der Waals surface area contributed by atoms with E-state index < -0.39 is 5.97 Å². The monoisotopic (exact) mass is 287 g/mol. The highest BCUT2D eigenvalue weighted by atomic mass is 16.4. The van der Waals surface area contributed by atoms with Crippen LogP contribution in [0.2, 0.25) is 0 Å². The van der Waals surface area contributed by atoms with Crippen molar-refractivity contribution in [2.75, 3.05) is 0 Å². The van der Waals surface area contributed by atoms with Gasteiger partial charge in [-0.25, -0.2) is 0 Å². The van der Waals surface area contributed by atoms with Crippen molar-refractivity contribution >= 4 is 11.9 Å². The van der Waals surface area contributed by atoms with Gasteiger partial charge in [0.2, 0.25) is 5.91 Å². The van der Waals surface area contributed by atoms with Crippen molar-refractivity contribution < 1.29 is 14.7 Å². The SMILES string of the molecule is CC1(NC(=O)[C@@H]2CC[C@H](C(=O)O)C2)Cc2ccccc2C1. The first-order chi connectivity index (χ1) is 9.97. The fourth-order valence-corrected chi connectivity index (χ4v) is 3.74. The van der Waals surface area contributed by atoms with Crippen LogP contribution < -0.4 is 5.32 Å². The van der Waals surface area contributed by atoms with Gasteiger partial charge in [-0.05, 0) is 50.2 Å².